The lowest BCUT2D eigenvalue weighted by molar-refractivity contribution is -0.143. The zero-order valence-electron chi connectivity index (χ0n) is 19.3. The van der Waals surface area contributed by atoms with Gasteiger partial charge >= 0.3 is 5.97 Å². The summed E-state index contributed by atoms with van der Waals surface area (Å²) in [6.07, 6.45) is 17.4. The summed E-state index contributed by atoms with van der Waals surface area (Å²) in [4.78, 5) is 21.8. The number of ether oxygens (including phenoxy) is 1. The maximum Gasteiger partial charge on any atom is 0.309 e. The van der Waals surface area contributed by atoms with Crippen LogP contribution >= 0.6 is 0 Å². The van der Waals surface area contributed by atoms with E-state index in [-0.39, 0.29) is 11.0 Å². The number of carbonyl (C=O) groups is 2. The molecule has 3 rings (SSSR count). The Kier molecular flexibility index (Phi) is 8.57. The fourth-order valence-corrected chi connectivity index (χ4v) is 4.80. The van der Waals surface area contributed by atoms with Crippen molar-refractivity contribution in [1.29, 1.82) is 0 Å². The van der Waals surface area contributed by atoms with Gasteiger partial charge in [0.25, 0.3) is 6.47 Å². The van der Waals surface area contributed by atoms with Crippen LogP contribution in [0.1, 0.15) is 107 Å². The van der Waals surface area contributed by atoms with Crippen molar-refractivity contribution in [1.82, 2.24) is 0 Å². The number of aryl methyl sites for hydroxylation is 3. The minimum absolute atomic E-state index is 0.0950. The van der Waals surface area contributed by atoms with Crippen molar-refractivity contribution in [3.63, 3.8) is 0 Å². The molecule has 2 fully saturated rings. The lowest BCUT2D eigenvalue weighted by atomic mass is 9.95. The molecule has 0 aliphatic heterocycles. The SMILES string of the molecule is Cc1ccc(CCCCCCC2(C(=O)O)CC2)cc1CCCCCCC1(OC=O)CC1. The number of hydrogen-bond donors (Lipinski definition) is 1. The molecular formula is C27H40O4. The van der Waals surface area contributed by atoms with Crippen LogP contribution in [0.5, 0.6) is 0 Å². The highest BCUT2D eigenvalue weighted by atomic mass is 16.5. The molecular weight excluding hydrogens is 388 g/mol. The van der Waals surface area contributed by atoms with Gasteiger partial charge in [0.15, 0.2) is 0 Å². The molecule has 0 amide bonds. The zero-order valence-corrected chi connectivity index (χ0v) is 19.3. The summed E-state index contributed by atoms with van der Waals surface area (Å²) < 4.78 is 5.22. The Morgan fingerprint density at radius 3 is 2.19 bits per heavy atom. The molecule has 0 heterocycles. The zero-order chi connectivity index (χ0) is 22.2. The summed E-state index contributed by atoms with van der Waals surface area (Å²) in [5, 5.41) is 9.25. The first-order chi connectivity index (χ1) is 15.0. The van der Waals surface area contributed by atoms with Crippen LogP contribution in [0, 0.1) is 12.3 Å². The minimum atomic E-state index is -0.585. The van der Waals surface area contributed by atoms with Gasteiger partial charge in [-0.25, -0.2) is 0 Å². The topological polar surface area (TPSA) is 63.6 Å². The van der Waals surface area contributed by atoms with Crippen LogP contribution in [-0.2, 0) is 27.2 Å². The van der Waals surface area contributed by atoms with Gasteiger partial charge in [0.2, 0.25) is 0 Å². The third kappa shape index (κ3) is 7.36. The molecule has 1 aromatic rings. The number of hydrogen-bond acceptors (Lipinski definition) is 3. The van der Waals surface area contributed by atoms with Gasteiger partial charge in [-0.2, -0.15) is 0 Å². The maximum atomic E-state index is 11.2. The lowest BCUT2D eigenvalue weighted by Crippen LogP contribution is -2.14. The summed E-state index contributed by atoms with van der Waals surface area (Å²) in [6.45, 7) is 2.83. The van der Waals surface area contributed by atoms with Crippen LogP contribution in [0.4, 0.5) is 0 Å². The number of aliphatic carboxylic acids is 1. The smallest absolute Gasteiger partial charge is 0.309 e. The number of benzene rings is 1. The molecule has 4 heteroatoms. The number of rotatable bonds is 17. The van der Waals surface area contributed by atoms with E-state index in [2.05, 4.69) is 25.1 Å². The van der Waals surface area contributed by atoms with Gasteiger partial charge in [0, 0.05) is 0 Å². The quantitative estimate of drug-likeness (QED) is 0.226. The molecule has 0 spiro atoms. The lowest BCUT2D eigenvalue weighted by Gasteiger charge is -2.13. The second-order valence-electron chi connectivity index (χ2n) is 10.1. The molecule has 0 unspecified atom stereocenters. The first-order valence-electron chi connectivity index (χ1n) is 12.4. The second kappa shape index (κ2) is 11.2. The van der Waals surface area contributed by atoms with Crippen molar-refractivity contribution in [2.24, 2.45) is 5.41 Å². The third-order valence-corrected chi connectivity index (χ3v) is 7.53. The van der Waals surface area contributed by atoms with Crippen molar-refractivity contribution in [3.05, 3.63) is 34.9 Å². The number of unbranched alkanes of at least 4 members (excludes halogenated alkanes) is 6. The van der Waals surface area contributed by atoms with Gasteiger partial charge in [-0.05, 0) is 94.2 Å². The fraction of sp³-hybridized carbons (Fsp3) is 0.704. The van der Waals surface area contributed by atoms with Crippen molar-refractivity contribution in [3.8, 4) is 0 Å². The van der Waals surface area contributed by atoms with E-state index in [1.165, 1.54) is 48.8 Å². The van der Waals surface area contributed by atoms with E-state index in [9.17, 15) is 14.7 Å². The highest BCUT2D eigenvalue weighted by Crippen LogP contribution is 2.50. The van der Waals surface area contributed by atoms with E-state index in [0.29, 0.717) is 6.47 Å². The Balaban J connectivity index is 1.27. The van der Waals surface area contributed by atoms with Crippen LogP contribution in [0.15, 0.2) is 18.2 Å². The predicted octanol–water partition coefficient (Wildman–Crippen LogP) is 6.55. The van der Waals surface area contributed by atoms with Gasteiger partial charge in [0.1, 0.15) is 5.60 Å². The van der Waals surface area contributed by atoms with E-state index in [0.717, 1.165) is 70.6 Å². The molecule has 172 valence electrons. The first kappa shape index (κ1) is 23.8. The second-order valence-corrected chi connectivity index (χ2v) is 10.1. The fourth-order valence-electron chi connectivity index (χ4n) is 4.80. The summed E-state index contributed by atoms with van der Waals surface area (Å²) >= 11 is 0. The summed E-state index contributed by atoms with van der Waals surface area (Å²) in [5.74, 6) is -0.585. The van der Waals surface area contributed by atoms with Gasteiger partial charge in [-0.3, -0.25) is 9.59 Å². The maximum absolute atomic E-state index is 11.2. The molecule has 1 N–H and O–H groups in total. The van der Waals surface area contributed by atoms with Gasteiger partial charge < -0.3 is 9.84 Å². The van der Waals surface area contributed by atoms with Crippen LogP contribution in [-0.4, -0.2) is 23.1 Å². The van der Waals surface area contributed by atoms with Gasteiger partial charge in [0.05, 0.1) is 5.41 Å². The van der Waals surface area contributed by atoms with Gasteiger partial charge in [-0.1, -0.05) is 50.3 Å². The van der Waals surface area contributed by atoms with E-state index >= 15 is 0 Å². The first-order valence-corrected chi connectivity index (χ1v) is 12.4. The summed E-state index contributed by atoms with van der Waals surface area (Å²) in [5.41, 5.74) is 3.86. The normalized spacial score (nSPS) is 17.8. The van der Waals surface area contributed by atoms with E-state index in [1.54, 1.807) is 0 Å². The molecule has 1 aromatic carbocycles. The van der Waals surface area contributed by atoms with Crippen LogP contribution in [0.25, 0.3) is 0 Å². The average molecular weight is 429 g/mol. The summed E-state index contributed by atoms with van der Waals surface area (Å²) in [6, 6.07) is 6.93. The van der Waals surface area contributed by atoms with Crippen molar-refractivity contribution < 1.29 is 19.4 Å². The highest BCUT2D eigenvalue weighted by molar-refractivity contribution is 5.77. The highest BCUT2D eigenvalue weighted by Gasteiger charge is 2.49. The average Bonchev–Trinajstić information content (AvgIpc) is 3.67. The van der Waals surface area contributed by atoms with Crippen molar-refractivity contribution >= 4 is 12.4 Å². The monoisotopic (exact) mass is 428 g/mol. The predicted molar refractivity (Wildman–Crippen MR) is 123 cm³/mol. The van der Waals surface area contributed by atoms with Crippen LogP contribution in [0.2, 0.25) is 0 Å². The van der Waals surface area contributed by atoms with Crippen molar-refractivity contribution in [2.45, 2.75) is 115 Å². The molecule has 0 radical (unpaired) electrons. The Morgan fingerprint density at radius 2 is 1.58 bits per heavy atom. The van der Waals surface area contributed by atoms with Gasteiger partial charge in [-0.15, -0.1) is 0 Å². The van der Waals surface area contributed by atoms with Crippen molar-refractivity contribution in [2.75, 3.05) is 0 Å². The molecule has 0 aromatic heterocycles. The molecule has 0 saturated heterocycles. The van der Waals surface area contributed by atoms with E-state index in [1.807, 2.05) is 0 Å². The molecule has 31 heavy (non-hydrogen) atoms. The van der Waals surface area contributed by atoms with Crippen LogP contribution in [0.3, 0.4) is 0 Å². The molecule has 2 saturated carbocycles. The third-order valence-electron chi connectivity index (χ3n) is 7.53. The van der Waals surface area contributed by atoms with E-state index < -0.39 is 5.97 Å². The largest absolute Gasteiger partial charge is 0.481 e. The van der Waals surface area contributed by atoms with Crippen LogP contribution < -0.4 is 0 Å². The molecule has 0 bridgehead atoms. The molecule has 4 nitrogen and oxygen atoms in total. The Hall–Kier alpha value is -1.84. The minimum Gasteiger partial charge on any atom is -0.481 e. The molecule has 0 atom stereocenters. The Morgan fingerprint density at radius 1 is 0.935 bits per heavy atom. The Labute approximate surface area is 187 Å². The number of carboxylic acid groups (broad SMARTS) is 1. The summed E-state index contributed by atoms with van der Waals surface area (Å²) in [7, 11) is 0. The Bertz CT molecular complexity index is 731. The van der Waals surface area contributed by atoms with E-state index in [4.69, 9.17) is 4.74 Å². The molecule has 2 aliphatic carbocycles. The number of carboxylic acids is 1. The number of carbonyl (C=O) groups excluding carboxylic acids is 1. The standard InChI is InChI=1S/C27H40O4/c1-22-12-13-23(10-6-2-4-8-14-26(16-17-26)25(29)30)20-24(22)11-7-3-5-9-15-27(18-19-27)31-21-28/h12-13,20-21H,2-11,14-19H2,1H3,(H,29,30). The molecule has 2 aliphatic rings.